The predicted molar refractivity (Wildman–Crippen MR) is 90.1 cm³/mol. The molecule has 3 aromatic rings. The van der Waals surface area contributed by atoms with E-state index >= 15 is 0 Å². The molecule has 0 bridgehead atoms. The third-order valence-electron chi connectivity index (χ3n) is 2.99. The van der Waals surface area contributed by atoms with Crippen LogP contribution in [-0.4, -0.2) is 11.3 Å². The monoisotopic (exact) mass is 313 g/mol. The zero-order valence-electron chi connectivity index (χ0n) is 11.0. The Morgan fingerprint density at radius 1 is 1.00 bits per heavy atom. The van der Waals surface area contributed by atoms with Crippen molar-refractivity contribution < 1.29 is 5.11 Å². The van der Waals surface area contributed by atoms with Gasteiger partial charge in [-0.25, -0.2) is 0 Å². The highest BCUT2D eigenvalue weighted by Crippen LogP contribution is 2.35. The van der Waals surface area contributed by atoms with Gasteiger partial charge in [0.15, 0.2) is 5.06 Å². The zero-order valence-corrected chi connectivity index (χ0v) is 12.6. The molecule has 0 atom stereocenters. The minimum absolute atomic E-state index is 0.254. The highest BCUT2D eigenvalue weighted by atomic mass is 35.5. The van der Waals surface area contributed by atoms with Crippen molar-refractivity contribution in [3.63, 3.8) is 0 Å². The van der Waals surface area contributed by atoms with Gasteiger partial charge >= 0.3 is 0 Å². The molecule has 0 aliphatic rings. The summed E-state index contributed by atoms with van der Waals surface area (Å²) >= 11 is 7.40. The van der Waals surface area contributed by atoms with Gasteiger partial charge in [-0.1, -0.05) is 65.4 Å². The molecule has 0 spiro atoms. The van der Waals surface area contributed by atoms with Gasteiger partial charge in [-0.15, -0.1) is 0 Å². The van der Waals surface area contributed by atoms with Crippen LogP contribution < -0.4 is 0 Å². The van der Waals surface area contributed by atoms with E-state index in [9.17, 15) is 5.11 Å². The maximum atomic E-state index is 10.0. The highest BCUT2D eigenvalue weighted by molar-refractivity contribution is 7.17. The average Bonchev–Trinajstić information content (AvgIpc) is 2.89. The number of rotatable bonds is 3. The summed E-state index contributed by atoms with van der Waals surface area (Å²) in [4.78, 5) is 5.34. The van der Waals surface area contributed by atoms with Crippen LogP contribution in [0.5, 0.6) is 5.06 Å². The Kier molecular flexibility index (Phi) is 4.04. The number of aliphatic imine (C=N–C) groups is 1. The smallest absolute Gasteiger partial charge is 0.180 e. The first-order chi connectivity index (χ1) is 10.2. The van der Waals surface area contributed by atoms with E-state index in [2.05, 4.69) is 4.99 Å². The van der Waals surface area contributed by atoms with Crippen molar-refractivity contribution in [1.29, 1.82) is 0 Å². The second kappa shape index (κ2) is 6.12. The van der Waals surface area contributed by atoms with Crippen molar-refractivity contribution in [2.75, 3.05) is 0 Å². The van der Waals surface area contributed by atoms with Crippen molar-refractivity contribution in [2.45, 2.75) is 0 Å². The molecular weight excluding hydrogens is 302 g/mol. The molecule has 0 fully saturated rings. The first kappa shape index (κ1) is 13.9. The maximum Gasteiger partial charge on any atom is 0.180 e. The molecule has 1 heterocycles. The van der Waals surface area contributed by atoms with Gasteiger partial charge in [-0.05, 0) is 23.8 Å². The van der Waals surface area contributed by atoms with E-state index in [1.807, 2.05) is 54.6 Å². The lowest BCUT2D eigenvalue weighted by Crippen LogP contribution is -1.76. The molecule has 0 aliphatic heterocycles. The SMILES string of the molecule is Oc1sc(-c2ccccc2)cc1C=Nc1ccccc1Cl. The molecule has 0 amide bonds. The molecule has 0 aliphatic carbocycles. The van der Waals surface area contributed by atoms with E-state index in [4.69, 9.17) is 11.6 Å². The Bertz CT molecular complexity index is 780. The van der Waals surface area contributed by atoms with Gasteiger partial charge in [0.2, 0.25) is 0 Å². The Morgan fingerprint density at radius 2 is 1.71 bits per heavy atom. The molecule has 3 rings (SSSR count). The standard InChI is InChI=1S/C17H12ClNOS/c18-14-8-4-5-9-15(14)19-11-13-10-16(21-17(13)20)12-6-2-1-3-7-12/h1-11,20H. The summed E-state index contributed by atoms with van der Waals surface area (Å²) in [6, 6.07) is 19.2. The fourth-order valence-corrected chi connectivity index (χ4v) is 2.99. The van der Waals surface area contributed by atoms with Gasteiger partial charge in [-0.2, -0.15) is 0 Å². The molecule has 2 nitrogen and oxygen atoms in total. The third kappa shape index (κ3) is 3.15. The molecule has 0 radical (unpaired) electrons. The summed E-state index contributed by atoms with van der Waals surface area (Å²) in [5.41, 5.74) is 2.46. The van der Waals surface area contributed by atoms with Crippen LogP contribution >= 0.6 is 22.9 Å². The number of benzene rings is 2. The summed E-state index contributed by atoms with van der Waals surface area (Å²) < 4.78 is 0. The minimum atomic E-state index is 0.254. The lowest BCUT2D eigenvalue weighted by molar-refractivity contribution is 0.490. The van der Waals surface area contributed by atoms with Crippen molar-refractivity contribution in [2.24, 2.45) is 4.99 Å². The third-order valence-corrected chi connectivity index (χ3v) is 4.32. The van der Waals surface area contributed by atoms with Crippen molar-refractivity contribution in [3.8, 4) is 15.5 Å². The van der Waals surface area contributed by atoms with Crippen LogP contribution in [0.2, 0.25) is 5.02 Å². The highest BCUT2D eigenvalue weighted by Gasteiger charge is 2.08. The second-order valence-electron chi connectivity index (χ2n) is 4.45. The van der Waals surface area contributed by atoms with E-state index in [1.165, 1.54) is 11.3 Å². The van der Waals surface area contributed by atoms with E-state index in [0.29, 0.717) is 16.3 Å². The van der Waals surface area contributed by atoms with E-state index in [-0.39, 0.29) is 5.06 Å². The normalized spacial score (nSPS) is 11.1. The molecule has 21 heavy (non-hydrogen) atoms. The second-order valence-corrected chi connectivity index (χ2v) is 5.88. The van der Waals surface area contributed by atoms with Gasteiger partial charge in [0.25, 0.3) is 0 Å². The van der Waals surface area contributed by atoms with Crippen LogP contribution in [0.15, 0.2) is 65.7 Å². The van der Waals surface area contributed by atoms with Crippen LogP contribution in [0.25, 0.3) is 10.4 Å². The number of hydrogen-bond acceptors (Lipinski definition) is 3. The van der Waals surface area contributed by atoms with Gasteiger partial charge in [0, 0.05) is 16.7 Å². The van der Waals surface area contributed by atoms with Crippen LogP contribution in [-0.2, 0) is 0 Å². The van der Waals surface area contributed by atoms with Crippen molar-refractivity contribution in [3.05, 3.63) is 71.2 Å². The van der Waals surface area contributed by atoms with Crippen LogP contribution in [0.1, 0.15) is 5.56 Å². The van der Waals surface area contributed by atoms with Gasteiger partial charge in [0.1, 0.15) is 0 Å². The number of thiophene rings is 1. The fraction of sp³-hybridized carbons (Fsp3) is 0. The Labute approximate surface area is 132 Å². The van der Waals surface area contributed by atoms with Gasteiger partial charge in [0.05, 0.1) is 10.7 Å². The fourth-order valence-electron chi connectivity index (χ4n) is 1.93. The molecule has 1 N–H and O–H groups in total. The Hall–Kier alpha value is -2.10. The Balaban J connectivity index is 1.91. The quantitative estimate of drug-likeness (QED) is 0.634. The lowest BCUT2D eigenvalue weighted by Gasteiger charge is -1.95. The number of hydrogen-bond donors (Lipinski definition) is 1. The zero-order chi connectivity index (χ0) is 14.7. The van der Waals surface area contributed by atoms with Crippen molar-refractivity contribution in [1.82, 2.24) is 0 Å². The molecule has 0 unspecified atom stereocenters. The summed E-state index contributed by atoms with van der Waals surface area (Å²) in [6.45, 7) is 0. The van der Waals surface area contributed by atoms with Crippen LogP contribution in [0.3, 0.4) is 0 Å². The summed E-state index contributed by atoms with van der Waals surface area (Å²) in [7, 11) is 0. The molecule has 1 aromatic heterocycles. The molecule has 0 saturated carbocycles. The Morgan fingerprint density at radius 3 is 2.48 bits per heavy atom. The molecular formula is C17H12ClNOS. The van der Waals surface area contributed by atoms with Crippen LogP contribution in [0.4, 0.5) is 5.69 Å². The van der Waals surface area contributed by atoms with Gasteiger partial charge < -0.3 is 5.11 Å². The summed E-state index contributed by atoms with van der Waals surface area (Å²) in [5, 5.41) is 10.9. The van der Waals surface area contributed by atoms with E-state index in [0.717, 1.165) is 10.4 Å². The topological polar surface area (TPSA) is 32.6 Å². The predicted octanol–water partition coefficient (Wildman–Crippen LogP) is 5.52. The van der Waals surface area contributed by atoms with Crippen LogP contribution in [0, 0.1) is 0 Å². The molecule has 104 valence electrons. The first-order valence-electron chi connectivity index (χ1n) is 6.41. The number of aromatic hydroxyl groups is 1. The molecule has 0 saturated heterocycles. The van der Waals surface area contributed by atoms with E-state index < -0.39 is 0 Å². The first-order valence-corrected chi connectivity index (χ1v) is 7.60. The number of para-hydroxylation sites is 1. The summed E-state index contributed by atoms with van der Waals surface area (Å²) in [5.74, 6) is 0. The average molecular weight is 314 g/mol. The van der Waals surface area contributed by atoms with Crippen molar-refractivity contribution >= 4 is 34.8 Å². The van der Waals surface area contributed by atoms with E-state index in [1.54, 1.807) is 12.3 Å². The molecule has 2 aromatic carbocycles. The van der Waals surface area contributed by atoms with Gasteiger partial charge in [-0.3, -0.25) is 4.99 Å². The molecule has 4 heteroatoms. The largest absolute Gasteiger partial charge is 0.499 e. The number of halogens is 1. The summed E-state index contributed by atoms with van der Waals surface area (Å²) in [6.07, 6.45) is 1.64. The minimum Gasteiger partial charge on any atom is -0.499 e. The number of nitrogens with zero attached hydrogens (tertiary/aromatic N) is 1. The lowest BCUT2D eigenvalue weighted by atomic mass is 10.2. The maximum absolute atomic E-state index is 10.0.